The Bertz CT molecular complexity index is 244. The van der Waals surface area contributed by atoms with Gasteiger partial charge < -0.3 is 0 Å². The van der Waals surface area contributed by atoms with Crippen LogP contribution in [0, 0.1) is 0 Å². The van der Waals surface area contributed by atoms with Gasteiger partial charge in [0.05, 0.1) is 5.70 Å². The first-order valence-electron chi connectivity index (χ1n) is 3.79. The van der Waals surface area contributed by atoms with Gasteiger partial charge in [-0.25, -0.2) is 0 Å². The van der Waals surface area contributed by atoms with Gasteiger partial charge in [-0.05, 0) is 37.6 Å². The van der Waals surface area contributed by atoms with Gasteiger partial charge in [-0.2, -0.15) is 0 Å². The van der Waals surface area contributed by atoms with Gasteiger partial charge in [0.2, 0.25) is 0 Å². The van der Waals surface area contributed by atoms with Crippen molar-refractivity contribution in [1.29, 1.82) is 0 Å². The van der Waals surface area contributed by atoms with Crippen LogP contribution in [0.5, 0.6) is 0 Å². The fourth-order valence-electron chi connectivity index (χ4n) is 1.20. The molecule has 0 saturated carbocycles. The summed E-state index contributed by atoms with van der Waals surface area (Å²) in [5.41, 5.74) is 3.22. The highest BCUT2D eigenvalue weighted by Crippen LogP contribution is 2.24. The largest absolute Gasteiger partial charge is 0.264 e. The molecule has 0 aromatic carbocycles. The minimum absolute atomic E-state index is 0.990. The molecule has 0 bridgehead atoms. The number of rotatable bonds is 2. The van der Waals surface area contributed by atoms with E-state index in [2.05, 4.69) is 30.4 Å². The van der Waals surface area contributed by atoms with E-state index in [1.807, 2.05) is 6.92 Å². The van der Waals surface area contributed by atoms with Gasteiger partial charge in [0.1, 0.15) is 0 Å². The van der Waals surface area contributed by atoms with Crippen LogP contribution in [0.15, 0.2) is 40.6 Å². The summed E-state index contributed by atoms with van der Waals surface area (Å²) in [6.45, 7) is 9.39. The Hall–Kier alpha value is -1.11. The Labute approximate surface area is 67.8 Å². The van der Waals surface area contributed by atoms with Gasteiger partial charge in [-0.1, -0.05) is 18.7 Å². The standard InChI is InChI=1S/C10H13N/c1-8(2)9-6-4-5-7-10(9)11-3/h6-7H,1,3-5H2,2H3. The van der Waals surface area contributed by atoms with Crippen LogP contribution in [0.1, 0.15) is 19.8 Å². The molecule has 1 aliphatic carbocycles. The van der Waals surface area contributed by atoms with Crippen LogP contribution in [-0.4, -0.2) is 6.72 Å². The molecule has 58 valence electrons. The first-order chi connectivity index (χ1) is 5.25. The fourth-order valence-corrected chi connectivity index (χ4v) is 1.20. The smallest absolute Gasteiger partial charge is 0.0654 e. The summed E-state index contributed by atoms with van der Waals surface area (Å²) in [6, 6.07) is 0. The first kappa shape index (κ1) is 7.99. The third-order valence-electron chi connectivity index (χ3n) is 1.76. The molecule has 0 aromatic rings. The minimum Gasteiger partial charge on any atom is -0.264 e. The second-order valence-electron chi connectivity index (χ2n) is 2.72. The minimum atomic E-state index is 0.990. The Kier molecular flexibility index (Phi) is 2.42. The number of nitrogens with zero attached hydrogens (tertiary/aromatic N) is 1. The quantitative estimate of drug-likeness (QED) is 0.532. The molecule has 11 heavy (non-hydrogen) atoms. The summed E-state index contributed by atoms with van der Waals surface area (Å²) < 4.78 is 0. The zero-order chi connectivity index (χ0) is 8.27. The van der Waals surface area contributed by atoms with Crippen LogP contribution in [0.2, 0.25) is 0 Å². The fraction of sp³-hybridized carbons (Fsp3) is 0.300. The maximum Gasteiger partial charge on any atom is 0.0654 e. The molecule has 0 aromatic heterocycles. The third kappa shape index (κ3) is 1.67. The van der Waals surface area contributed by atoms with Crippen LogP contribution >= 0.6 is 0 Å². The van der Waals surface area contributed by atoms with E-state index in [-0.39, 0.29) is 0 Å². The number of hydrogen-bond acceptors (Lipinski definition) is 1. The van der Waals surface area contributed by atoms with E-state index in [1.165, 1.54) is 0 Å². The monoisotopic (exact) mass is 147 g/mol. The van der Waals surface area contributed by atoms with Crippen LogP contribution in [-0.2, 0) is 0 Å². The average molecular weight is 147 g/mol. The maximum absolute atomic E-state index is 3.93. The molecule has 0 heterocycles. The Balaban J connectivity index is 2.92. The highest BCUT2D eigenvalue weighted by molar-refractivity contribution is 5.48. The van der Waals surface area contributed by atoms with Crippen molar-refractivity contribution >= 4 is 6.72 Å². The van der Waals surface area contributed by atoms with Crippen LogP contribution < -0.4 is 0 Å². The van der Waals surface area contributed by atoms with Gasteiger partial charge in [0, 0.05) is 0 Å². The second kappa shape index (κ2) is 3.33. The molecule has 0 atom stereocenters. The van der Waals surface area contributed by atoms with Crippen LogP contribution in [0.3, 0.4) is 0 Å². The molecule has 0 spiro atoms. The van der Waals surface area contributed by atoms with Gasteiger partial charge in [0.15, 0.2) is 0 Å². The summed E-state index contributed by atoms with van der Waals surface area (Å²) in [6.07, 6.45) is 6.45. The van der Waals surface area contributed by atoms with Crippen molar-refractivity contribution < 1.29 is 0 Å². The molecular formula is C10H13N. The molecule has 1 rings (SSSR count). The third-order valence-corrected chi connectivity index (χ3v) is 1.76. The molecule has 0 radical (unpaired) electrons. The molecule has 0 saturated heterocycles. The van der Waals surface area contributed by atoms with E-state index in [4.69, 9.17) is 0 Å². The number of allylic oxidation sites excluding steroid dienone is 3. The predicted molar refractivity (Wildman–Crippen MR) is 49.8 cm³/mol. The lowest BCUT2D eigenvalue weighted by Crippen LogP contribution is -1.93. The molecule has 0 amide bonds. The Morgan fingerprint density at radius 3 is 2.55 bits per heavy atom. The summed E-state index contributed by atoms with van der Waals surface area (Å²) in [5.74, 6) is 0. The number of aliphatic imine (C=N–C) groups is 1. The van der Waals surface area contributed by atoms with Gasteiger partial charge >= 0.3 is 0 Å². The highest BCUT2D eigenvalue weighted by atomic mass is 14.7. The SMILES string of the molecule is C=NC1=CCCC=C1C(=C)C. The maximum atomic E-state index is 3.93. The predicted octanol–water partition coefficient (Wildman–Crippen LogP) is 2.87. The van der Waals surface area contributed by atoms with Crippen molar-refractivity contribution in [3.63, 3.8) is 0 Å². The van der Waals surface area contributed by atoms with Crippen LogP contribution in [0.4, 0.5) is 0 Å². The Morgan fingerprint density at radius 2 is 2.09 bits per heavy atom. The molecule has 1 nitrogen and oxygen atoms in total. The normalized spacial score (nSPS) is 16.8. The molecule has 1 aliphatic rings. The van der Waals surface area contributed by atoms with E-state index < -0.39 is 0 Å². The molecule has 0 fully saturated rings. The van der Waals surface area contributed by atoms with Crippen molar-refractivity contribution in [2.75, 3.05) is 0 Å². The van der Waals surface area contributed by atoms with Crippen molar-refractivity contribution in [1.82, 2.24) is 0 Å². The van der Waals surface area contributed by atoms with E-state index in [1.54, 1.807) is 0 Å². The molecular weight excluding hydrogens is 134 g/mol. The zero-order valence-electron chi connectivity index (χ0n) is 6.93. The van der Waals surface area contributed by atoms with E-state index in [0.717, 1.165) is 29.7 Å². The second-order valence-corrected chi connectivity index (χ2v) is 2.72. The van der Waals surface area contributed by atoms with E-state index in [0.29, 0.717) is 0 Å². The molecule has 0 aliphatic heterocycles. The summed E-state index contributed by atoms with van der Waals surface area (Å²) in [5, 5.41) is 0. The lowest BCUT2D eigenvalue weighted by molar-refractivity contribution is 0.987. The average Bonchev–Trinajstić information content (AvgIpc) is 2.04. The van der Waals surface area contributed by atoms with Crippen molar-refractivity contribution in [2.24, 2.45) is 4.99 Å². The van der Waals surface area contributed by atoms with Gasteiger partial charge in [0.25, 0.3) is 0 Å². The van der Waals surface area contributed by atoms with Crippen molar-refractivity contribution in [3.05, 3.63) is 35.6 Å². The van der Waals surface area contributed by atoms with Gasteiger partial charge in [-0.3, -0.25) is 4.99 Å². The summed E-state index contributed by atoms with van der Waals surface area (Å²) >= 11 is 0. The lowest BCUT2D eigenvalue weighted by atomic mass is 9.99. The van der Waals surface area contributed by atoms with Crippen molar-refractivity contribution in [3.8, 4) is 0 Å². The van der Waals surface area contributed by atoms with E-state index >= 15 is 0 Å². The molecule has 1 heteroatoms. The highest BCUT2D eigenvalue weighted by Gasteiger charge is 2.06. The topological polar surface area (TPSA) is 12.4 Å². The van der Waals surface area contributed by atoms with E-state index in [9.17, 15) is 0 Å². The van der Waals surface area contributed by atoms with Crippen molar-refractivity contribution in [2.45, 2.75) is 19.8 Å². The zero-order valence-corrected chi connectivity index (χ0v) is 6.93. The lowest BCUT2D eigenvalue weighted by Gasteiger charge is -2.11. The van der Waals surface area contributed by atoms with Gasteiger partial charge in [-0.15, -0.1) is 0 Å². The van der Waals surface area contributed by atoms with Crippen LogP contribution in [0.25, 0.3) is 0 Å². The molecule has 0 N–H and O–H groups in total. The molecule has 0 unspecified atom stereocenters. The summed E-state index contributed by atoms with van der Waals surface area (Å²) in [4.78, 5) is 3.93. The Morgan fingerprint density at radius 1 is 1.45 bits per heavy atom. The first-order valence-corrected chi connectivity index (χ1v) is 3.79. The summed E-state index contributed by atoms with van der Waals surface area (Å²) in [7, 11) is 0. The number of hydrogen-bond donors (Lipinski definition) is 0.